The molecule has 0 bridgehead atoms. The molecule has 0 saturated carbocycles. The molecule has 1 aromatic heterocycles. The van der Waals surface area contributed by atoms with E-state index >= 15 is 0 Å². The number of methoxy groups -OCH3 is 1. The number of carbonyl (C=O) groups excluding carboxylic acids is 1. The van der Waals surface area contributed by atoms with Gasteiger partial charge in [-0.3, -0.25) is 0 Å². The molecular formula is C13H12FNO2S. The predicted molar refractivity (Wildman–Crippen MR) is 69.4 cm³/mol. The van der Waals surface area contributed by atoms with Gasteiger partial charge in [-0.05, 0) is 40.6 Å². The average Bonchev–Trinajstić information content (AvgIpc) is 2.90. The number of anilines is 1. The van der Waals surface area contributed by atoms with Gasteiger partial charge in [0.15, 0.2) is 0 Å². The Labute approximate surface area is 108 Å². The highest BCUT2D eigenvalue weighted by atomic mass is 32.1. The van der Waals surface area contributed by atoms with E-state index < -0.39 is 11.8 Å². The van der Waals surface area contributed by atoms with E-state index in [4.69, 9.17) is 0 Å². The average molecular weight is 265 g/mol. The number of ether oxygens (including phenoxy) is 1. The topological polar surface area (TPSA) is 38.3 Å². The summed E-state index contributed by atoms with van der Waals surface area (Å²) < 4.78 is 17.9. The van der Waals surface area contributed by atoms with E-state index in [0.717, 1.165) is 5.56 Å². The maximum absolute atomic E-state index is 13.4. The maximum Gasteiger partial charge on any atom is 0.340 e. The van der Waals surface area contributed by atoms with Crippen molar-refractivity contribution in [3.63, 3.8) is 0 Å². The first-order valence-electron chi connectivity index (χ1n) is 5.33. The van der Waals surface area contributed by atoms with Crippen LogP contribution in [0.4, 0.5) is 10.1 Å². The van der Waals surface area contributed by atoms with Gasteiger partial charge in [0.25, 0.3) is 0 Å². The van der Waals surface area contributed by atoms with Crippen LogP contribution in [0.3, 0.4) is 0 Å². The summed E-state index contributed by atoms with van der Waals surface area (Å²) in [7, 11) is 1.23. The molecule has 18 heavy (non-hydrogen) atoms. The van der Waals surface area contributed by atoms with Crippen molar-refractivity contribution in [2.24, 2.45) is 0 Å². The molecule has 0 radical (unpaired) electrons. The number of thiophene rings is 1. The van der Waals surface area contributed by atoms with E-state index in [9.17, 15) is 9.18 Å². The van der Waals surface area contributed by atoms with E-state index in [1.807, 2.05) is 16.8 Å². The molecule has 5 heteroatoms. The fraction of sp³-hybridized carbons (Fsp3) is 0.154. The van der Waals surface area contributed by atoms with Gasteiger partial charge < -0.3 is 10.1 Å². The van der Waals surface area contributed by atoms with Crippen molar-refractivity contribution >= 4 is 23.0 Å². The van der Waals surface area contributed by atoms with Crippen molar-refractivity contribution in [2.75, 3.05) is 12.4 Å². The number of benzene rings is 1. The minimum atomic E-state index is -0.674. The van der Waals surface area contributed by atoms with Crippen molar-refractivity contribution in [1.29, 1.82) is 0 Å². The van der Waals surface area contributed by atoms with Crippen LogP contribution in [0.5, 0.6) is 0 Å². The van der Waals surface area contributed by atoms with Crippen molar-refractivity contribution < 1.29 is 13.9 Å². The Morgan fingerprint density at radius 3 is 2.94 bits per heavy atom. The lowest BCUT2D eigenvalue weighted by molar-refractivity contribution is 0.0595. The Balaban J connectivity index is 2.12. The van der Waals surface area contributed by atoms with Gasteiger partial charge >= 0.3 is 5.97 Å². The third-order valence-corrected chi connectivity index (χ3v) is 3.18. The molecule has 0 aliphatic carbocycles. The lowest BCUT2D eigenvalue weighted by Crippen LogP contribution is -2.06. The van der Waals surface area contributed by atoms with Crippen LogP contribution >= 0.6 is 11.3 Å². The van der Waals surface area contributed by atoms with Crippen molar-refractivity contribution in [3.8, 4) is 0 Å². The second-order valence-electron chi connectivity index (χ2n) is 3.67. The molecule has 2 aromatic rings. The van der Waals surface area contributed by atoms with Crippen LogP contribution in [0.1, 0.15) is 15.9 Å². The van der Waals surface area contributed by atoms with E-state index in [1.54, 1.807) is 17.4 Å². The summed E-state index contributed by atoms with van der Waals surface area (Å²) in [6.45, 7) is 0.635. The first-order chi connectivity index (χ1) is 8.70. The molecule has 0 atom stereocenters. The highest BCUT2D eigenvalue weighted by Gasteiger charge is 2.12. The van der Waals surface area contributed by atoms with E-state index in [1.165, 1.54) is 19.2 Å². The Morgan fingerprint density at radius 2 is 2.28 bits per heavy atom. The van der Waals surface area contributed by atoms with Gasteiger partial charge in [-0.2, -0.15) is 11.3 Å². The third kappa shape index (κ3) is 2.87. The summed E-state index contributed by atoms with van der Waals surface area (Å²) in [6.07, 6.45) is 0. The zero-order valence-corrected chi connectivity index (χ0v) is 10.6. The number of hydrogen-bond donors (Lipinski definition) is 1. The summed E-state index contributed by atoms with van der Waals surface area (Å²) in [6, 6.07) is 6.30. The normalized spacial score (nSPS) is 10.1. The zero-order chi connectivity index (χ0) is 13.0. The van der Waals surface area contributed by atoms with Crippen LogP contribution in [0.15, 0.2) is 35.0 Å². The third-order valence-electron chi connectivity index (χ3n) is 2.45. The highest BCUT2D eigenvalue weighted by Crippen LogP contribution is 2.17. The van der Waals surface area contributed by atoms with Crippen LogP contribution in [0, 0.1) is 5.82 Å². The molecule has 0 fully saturated rings. The van der Waals surface area contributed by atoms with Crippen LogP contribution < -0.4 is 5.32 Å². The number of esters is 1. The Bertz CT molecular complexity index is 540. The largest absolute Gasteiger partial charge is 0.465 e. The summed E-state index contributed by atoms with van der Waals surface area (Å²) in [5, 5.41) is 7.14. The highest BCUT2D eigenvalue weighted by molar-refractivity contribution is 7.07. The van der Waals surface area contributed by atoms with Gasteiger partial charge in [0.1, 0.15) is 5.82 Å². The van der Waals surface area contributed by atoms with Gasteiger partial charge in [0.2, 0.25) is 0 Å². The molecule has 0 spiro atoms. The van der Waals surface area contributed by atoms with Crippen molar-refractivity contribution in [2.45, 2.75) is 6.54 Å². The summed E-state index contributed by atoms with van der Waals surface area (Å²) in [5.74, 6) is -1.25. The number of carbonyl (C=O) groups is 1. The lowest BCUT2D eigenvalue weighted by atomic mass is 10.2. The molecule has 1 heterocycles. The number of hydrogen-bond acceptors (Lipinski definition) is 4. The maximum atomic E-state index is 13.4. The van der Waals surface area contributed by atoms with Gasteiger partial charge in [-0.1, -0.05) is 0 Å². The summed E-state index contributed by atoms with van der Waals surface area (Å²) in [5.41, 5.74) is 1.76. The van der Waals surface area contributed by atoms with Gasteiger partial charge in [-0.25, -0.2) is 9.18 Å². The predicted octanol–water partition coefficient (Wildman–Crippen LogP) is 3.29. The van der Waals surface area contributed by atoms with Crippen molar-refractivity contribution in [1.82, 2.24) is 0 Å². The molecular weight excluding hydrogens is 253 g/mol. The van der Waals surface area contributed by atoms with E-state index in [2.05, 4.69) is 10.1 Å². The molecule has 0 amide bonds. The quantitative estimate of drug-likeness (QED) is 0.862. The van der Waals surface area contributed by atoms with Gasteiger partial charge in [0.05, 0.1) is 12.7 Å². The fourth-order valence-corrected chi connectivity index (χ4v) is 2.17. The summed E-state index contributed by atoms with van der Waals surface area (Å²) >= 11 is 1.61. The molecule has 3 nitrogen and oxygen atoms in total. The second-order valence-corrected chi connectivity index (χ2v) is 4.45. The van der Waals surface area contributed by atoms with Crippen molar-refractivity contribution in [3.05, 3.63) is 52.0 Å². The Hall–Kier alpha value is -1.88. The standard InChI is InChI=1S/C13H12FNO2S/c1-17-13(16)11-6-10(2-3-12(11)14)15-7-9-4-5-18-8-9/h2-6,8,15H,7H2,1H3. The first kappa shape index (κ1) is 12.6. The fourth-order valence-electron chi connectivity index (χ4n) is 1.50. The van der Waals surface area contributed by atoms with Crippen LogP contribution in [0.25, 0.3) is 0 Å². The van der Waals surface area contributed by atoms with E-state index in [0.29, 0.717) is 12.2 Å². The van der Waals surface area contributed by atoms with Gasteiger partial charge in [0, 0.05) is 12.2 Å². The molecule has 0 aliphatic rings. The number of rotatable bonds is 4. The molecule has 2 rings (SSSR count). The minimum Gasteiger partial charge on any atom is -0.465 e. The molecule has 1 N–H and O–H groups in total. The molecule has 94 valence electrons. The van der Waals surface area contributed by atoms with E-state index in [-0.39, 0.29) is 5.56 Å². The first-order valence-corrected chi connectivity index (χ1v) is 6.28. The van der Waals surface area contributed by atoms with Crippen LogP contribution in [-0.2, 0) is 11.3 Å². The molecule has 0 unspecified atom stereocenters. The lowest BCUT2D eigenvalue weighted by Gasteiger charge is -2.07. The zero-order valence-electron chi connectivity index (χ0n) is 9.77. The number of halogens is 1. The monoisotopic (exact) mass is 265 g/mol. The molecule has 0 saturated heterocycles. The smallest absolute Gasteiger partial charge is 0.340 e. The SMILES string of the molecule is COC(=O)c1cc(NCc2ccsc2)ccc1F. The Kier molecular flexibility index (Phi) is 3.94. The van der Waals surface area contributed by atoms with Crippen LogP contribution in [0.2, 0.25) is 0 Å². The van der Waals surface area contributed by atoms with Gasteiger partial charge in [-0.15, -0.1) is 0 Å². The summed E-state index contributed by atoms with van der Waals surface area (Å²) in [4.78, 5) is 11.3. The molecule has 1 aromatic carbocycles. The van der Waals surface area contributed by atoms with Crippen LogP contribution in [-0.4, -0.2) is 13.1 Å². The Morgan fingerprint density at radius 1 is 1.44 bits per heavy atom. The minimum absolute atomic E-state index is 0.0622. The molecule has 0 aliphatic heterocycles. The number of nitrogens with one attached hydrogen (secondary N) is 1. The second kappa shape index (κ2) is 5.64.